The Morgan fingerprint density at radius 1 is 1.57 bits per heavy atom. The molecule has 0 atom stereocenters. The lowest BCUT2D eigenvalue weighted by Gasteiger charge is -2.02. The quantitative estimate of drug-likeness (QED) is 0.657. The lowest BCUT2D eigenvalue weighted by Crippen LogP contribution is -2.05. The van der Waals surface area contributed by atoms with Gasteiger partial charge in [0.15, 0.2) is 0 Å². The van der Waals surface area contributed by atoms with E-state index in [0.29, 0.717) is 16.6 Å². The van der Waals surface area contributed by atoms with Crippen molar-refractivity contribution in [3.8, 4) is 6.07 Å². The number of carbonyl (C=O) groups is 1. The largest absolute Gasteiger partial charge is 0.399 e. The number of alkyl halides is 1. The van der Waals surface area contributed by atoms with Crippen molar-refractivity contribution >= 4 is 27.4 Å². The zero-order chi connectivity index (χ0) is 10.6. The Morgan fingerprint density at radius 2 is 2.29 bits per heavy atom. The molecular formula is C10H9BrN2O. The van der Waals surface area contributed by atoms with Crippen molar-refractivity contribution in [2.75, 3.05) is 11.1 Å². The summed E-state index contributed by atoms with van der Waals surface area (Å²) in [5.74, 6) is 0.0475. The first-order valence-corrected chi connectivity index (χ1v) is 5.15. The zero-order valence-electron chi connectivity index (χ0n) is 7.46. The van der Waals surface area contributed by atoms with Crippen LogP contribution >= 0.6 is 15.9 Å². The molecule has 0 aliphatic heterocycles. The zero-order valence-corrected chi connectivity index (χ0v) is 9.04. The van der Waals surface area contributed by atoms with Gasteiger partial charge < -0.3 is 5.73 Å². The summed E-state index contributed by atoms with van der Waals surface area (Å²) < 4.78 is 0. The standard InChI is InChI=1S/C10H9BrN2O/c11-5-10(14)4-7-1-2-9(13)3-8(7)6-12/h1-3H,4-5,13H2. The van der Waals surface area contributed by atoms with Crippen LogP contribution in [-0.2, 0) is 11.2 Å². The lowest BCUT2D eigenvalue weighted by molar-refractivity contribution is -0.115. The van der Waals surface area contributed by atoms with Crippen LogP contribution in [0.4, 0.5) is 5.69 Å². The minimum absolute atomic E-state index is 0.0475. The van der Waals surface area contributed by atoms with E-state index in [-0.39, 0.29) is 12.2 Å². The molecule has 3 nitrogen and oxygen atoms in total. The monoisotopic (exact) mass is 252 g/mol. The molecule has 2 N–H and O–H groups in total. The van der Waals surface area contributed by atoms with Gasteiger partial charge in [0, 0.05) is 12.1 Å². The highest BCUT2D eigenvalue weighted by atomic mass is 79.9. The number of halogens is 1. The summed E-state index contributed by atoms with van der Waals surface area (Å²) in [4.78, 5) is 11.1. The normalized spacial score (nSPS) is 9.43. The predicted octanol–water partition coefficient (Wildman–Crippen LogP) is 1.65. The molecule has 72 valence electrons. The van der Waals surface area contributed by atoms with E-state index in [1.807, 2.05) is 6.07 Å². The van der Waals surface area contributed by atoms with Gasteiger partial charge in [-0.05, 0) is 17.7 Å². The van der Waals surface area contributed by atoms with Crippen molar-refractivity contribution in [1.82, 2.24) is 0 Å². The molecule has 1 aromatic rings. The first-order chi connectivity index (χ1) is 6.67. The summed E-state index contributed by atoms with van der Waals surface area (Å²) >= 11 is 3.08. The molecule has 0 heterocycles. The number of rotatable bonds is 3. The van der Waals surface area contributed by atoms with E-state index in [1.54, 1.807) is 18.2 Å². The van der Waals surface area contributed by atoms with E-state index < -0.39 is 0 Å². The molecule has 0 unspecified atom stereocenters. The van der Waals surface area contributed by atoms with Gasteiger partial charge in [-0.3, -0.25) is 4.79 Å². The molecule has 1 rings (SSSR count). The van der Waals surface area contributed by atoms with Crippen molar-refractivity contribution in [2.45, 2.75) is 6.42 Å². The Morgan fingerprint density at radius 3 is 2.86 bits per heavy atom. The Labute approximate surface area is 90.7 Å². The maximum Gasteiger partial charge on any atom is 0.147 e. The van der Waals surface area contributed by atoms with Crippen LogP contribution in [0.2, 0.25) is 0 Å². The van der Waals surface area contributed by atoms with Crippen LogP contribution in [0.3, 0.4) is 0 Å². The van der Waals surface area contributed by atoms with Crippen LogP contribution < -0.4 is 5.73 Å². The number of nitrogens with two attached hydrogens (primary N) is 1. The third kappa shape index (κ3) is 2.57. The number of carbonyl (C=O) groups excluding carboxylic acids is 1. The van der Waals surface area contributed by atoms with Crippen LogP contribution in [0.15, 0.2) is 18.2 Å². The van der Waals surface area contributed by atoms with Gasteiger partial charge in [0.2, 0.25) is 0 Å². The molecule has 4 heteroatoms. The van der Waals surface area contributed by atoms with E-state index in [1.165, 1.54) is 0 Å². The number of hydrogen-bond donors (Lipinski definition) is 1. The molecule has 0 amide bonds. The van der Waals surface area contributed by atoms with Crippen LogP contribution in [0.5, 0.6) is 0 Å². The summed E-state index contributed by atoms with van der Waals surface area (Å²) in [5, 5.41) is 9.11. The summed E-state index contributed by atoms with van der Waals surface area (Å²) in [7, 11) is 0. The van der Waals surface area contributed by atoms with Gasteiger partial charge in [-0.15, -0.1) is 0 Å². The van der Waals surface area contributed by atoms with Crippen LogP contribution in [0, 0.1) is 11.3 Å². The molecule has 0 aliphatic rings. The Hall–Kier alpha value is -1.34. The fourth-order valence-electron chi connectivity index (χ4n) is 1.11. The van der Waals surface area contributed by atoms with Gasteiger partial charge in [0.1, 0.15) is 5.78 Å². The maximum absolute atomic E-state index is 11.1. The van der Waals surface area contributed by atoms with Crippen LogP contribution in [0.25, 0.3) is 0 Å². The Bertz CT molecular complexity index is 396. The second-order valence-corrected chi connectivity index (χ2v) is 3.44. The lowest BCUT2D eigenvalue weighted by atomic mass is 10.0. The number of benzene rings is 1. The summed E-state index contributed by atoms with van der Waals surface area (Å²) in [6.07, 6.45) is 0.272. The number of nitrogens with zero attached hydrogens (tertiary/aromatic N) is 1. The summed E-state index contributed by atoms with van der Waals surface area (Å²) in [6, 6.07) is 7.01. The molecule has 1 aromatic carbocycles. The molecule has 0 aliphatic carbocycles. The van der Waals surface area contributed by atoms with Crippen molar-refractivity contribution in [3.63, 3.8) is 0 Å². The highest BCUT2D eigenvalue weighted by molar-refractivity contribution is 9.09. The second kappa shape index (κ2) is 4.77. The van der Waals surface area contributed by atoms with Crippen molar-refractivity contribution in [2.24, 2.45) is 0 Å². The predicted molar refractivity (Wildman–Crippen MR) is 58.1 cm³/mol. The Kier molecular flexibility index (Phi) is 3.66. The van der Waals surface area contributed by atoms with Crippen molar-refractivity contribution < 1.29 is 4.79 Å². The van der Waals surface area contributed by atoms with Gasteiger partial charge in [0.05, 0.1) is 17.0 Å². The van der Waals surface area contributed by atoms with E-state index in [4.69, 9.17) is 11.0 Å². The van der Waals surface area contributed by atoms with Crippen molar-refractivity contribution in [1.29, 1.82) is 5.26 Å². The third-order valence-electron chi connectivity index (χ3n) is 1.79. The first-order valence-electron chi connectivity index (χ1n) is 4.03. The molecular weight excluding hydrogens is 244 g/mol. The van der Waals surface area contributed by atoms with Crippen LogP contribution in [0.1, 0.15) is 11.1 Å². The number of ketones is 1. The van der Waals surface area contributed by atoms with Gasteiger partial charge in [-0.25, -0.2) is 0 Å². The molecule has 14 heavy (non-hydrogen) atoms. The number of anilines is 1. The molecule has 0 saturated heterocycles. The molecule has 0 saturated carbocycles. The number of hydrogen-bond acceptors (Lipinski definition) is 3. The van der Waals surface area contributed by atoms with Crippen LogP contribution in [-0.4, -0.2) is 11.1 Å². The number of Topliss-reactive ketones (excluding diaryl/α,β-unsaturated/α-hetero) is 1. The highest BCUT2D eigenvalue weighted by Crippen LogP contribution is 2.13. The topological polar surface area (TPSA) is 66.9 Å². The van der Waals surface area contributed by atoms with Gasteiger partial charge in [0.25, 0.3) is 0 Å². The average Bonchev–Trinajstić information content (AvgIpc) is 2.20. The van der Waals surface area contributed by atoms with E-state index in [9.17, 15) is 4.79 Å². The number of nitrogen functional groups attached to an aromatic ring is 1. The van der Waals surface area contributed by atoms with E-state index in [2.05, 4.69) is 15.9 Å². The fraction of sp³-hybridized carbons (Fsp3) is 0.200. The van der Waals surface area contributed by atoms with Gasteiger partial charge in [-0.1, -0.05) is 22.0 Å². The van der Waals surface area contributed by atoms with Gasteiger partial charge >= 0.3 is 0 Å². The summed E-state index contributed by atoms with van der Waals surface area (Å²) in [5.41, 5.74) is 7.26. The molecule has 0 bridgehead atoms. The summed E-state index contributed by atoms with van der Waals surface area (Å²) in [6.45, 7) is 0. The van der Waals surface area contributed by atoms with E-state index >= 15 is 0 Å². The number of nitriles is 1. The SMILES string of the molecule is N#Cc1cc(N)ccc1CC(=O)CBr. The maximum atomic E-state index is 11.1. The third-order valence-corrected chi connectivity index (χ3v) is 2.42. The fourth-order valence-corrected chi connectivity index (χ4v) is 1.31. The first kappa shape index (κ1) is 10.7. The second-order valence-electron chi connectivity index (χ2n) is 2.88. The molecule has 0 aromatic heterocycles. The minimum Gasteiger partial charge on any atom is -0.399 e. The smallest absolute Gasteiger partial charge is 0.147 e. The molecule has 0 spiro atoms. The van der Waals surface area contributed by atoms with Crippen molar-refractivity contribution in [3.05, 3.63) is 29.3 Å². The average molecular weight is 253 g/mol. The highest BCUT2D eigenvalue weighted by Gasteiger charge is 2.06. The molecule has 0 radical (unpaired) electrons. The minimum atomic E-state index is 0.0475. The molecule has 0 fully saturated rings. The van der Waals surface area contributed by atoms with E-state index in [0.717, 1.165) is 5.56 Å². The van der Waals surface area contributed by atoms with Gasteiger partial charge in [-0.2, -0.15) is 5.26 Å². The Balaban J connectivity index is 2.98.